The highest BCUT2D eigenvalue weighted by Crippen LogP contribution is 2.30. The minimum atomic E-state index is -3.85. The molecular formula is C19H23NO4S. The maximum atomic E-state index is 13.2. The zero-order chi connectivity index (χ0) is 18.4. The van der Waals surface area contributed by atoms with Gasteiger partial charge in [0.05, 0.1) is 18.0 Å². The van der Waals surface area contributed by atoms with E-state index in [1.807, 2.05) is 44.2 Å². The lowest BCUT2D eigenvalue weighted by atomic mass is 10.0. The SMILES string of the molecule is CCC(c1ccccc1)N(CC(=O)OC)S(=O)(=O)c1ccc(C)cc1. The highest BCUT2D eigenvalue weighted by atomic mass is 32.2. The van der Waals surface area contributed by atoms with E-state index in [9.17, 15) is 13.2 Å². The van der Waals surface area contributed by atoms with E-state index < -0.39 is 22.0 Å². The van der Waals surface area contributed by atoms with Gasteiger partial charge in [0.2, 0.25) is 10.0 Å². The first-order valence-corrected chi connectivity index (χ1v) is 9.54. The van der Waals surface area contributed by atoms with E-state index in [0.717, 1.165) is 11.1 Å². The van der Waals surface area contributed by atoms with Gasteiger partial charge in [0.15, 0.2) is 0 Å². The summed E-state index contributed by atoms with van der Waals surface area (Å²) in [4.78, 5) is 12.0. The molecule has 2 rings (SSSR count). The largest absolute Gasteiger partial charge is 0.468 e. The van der Waals surface area contributed by atoms with Crippen LogP contribution in [0.15, 0.2) is 59.5 Å². The third-order valence-corrected chi connectivity index (χ3v) is 5.93. The highest BCUT2D eigenvalue weighted by molar-refractivity contribution is 7.89. The molecule has 2 aromatic rings. The molecule has 0 spiro atoms. The van der Waals surface area contributed by atoms with E-state index in [1.165, 1.54) is 11.4 Å². The normalized spacial score (nSPS) is 12.8. The maximum Gasteiger partial charge on any atom is 0.321 e. The third-order valence-electron chi connectivity index (χ3n) is 4.06. The lowest BCUT2D eigenvalue weighted by molar-refractivity contribution is -0.141. The number of hydrogen-bond donors (Lipinski definition) is 0. The van der Waals surface area contributed by atoms with Crippen molar-refractivity contribution in [3.05, 3.63) is 65.7 Å². The van der Waals surface area contributed by atoms with Crippen molar-refractivity contribution >= 4 is 16.0 Å². The first kappa shape index (κ1) is 19.1. The van der Waals surface area contributed by atoms with Crippen LogP contribution in [0.25, 0.3) is 0 Å². The summed E-state index contributed by atoms with van der Waals surface area (Å²) in [5.41, 5.74) is 1.80. The van der Waals surface area contributed by atoms with Crippen LogP contribution in [0, 0.1) is 6.92 Å². The van der Waals surface area contributed by atoms with Crippen LogP contribution in [-0.2, 0) is 19.6 Å². The number of sulfonamides is 1. The average Bonchev–Trinajstić information content (AvgIpc) is 2.62. The van der Waals surface area contributed by atoms with Crippen molar-refractivity contribution in [3.63, 3.8) is 0 Å². The van der Waals surface area contributed by atoms with E-state index >= 15 is 0 Å². The van der Waals surface area contributed by atoms with Gasteiger partial charge in [0, 0.05) is 0 Å². The molecule has 0 heterocycles. The second-order valence-electron chi connectivity index (χ2n) is 5.77. The second-order valence-corrected chi connectivity index (χ2v) is 7.66. The van der Waals surface area contributed by atoms with Gasteiger partial charge in [-0.1, -0.05) is 55.0 Å². The van der Waals surface area contributed by atoms with Gasteiger partial charge in [-0.05, 0) is 31.0 Å². The van der Waals surface area contributed by atoms with Crippen LogP contribution in [0.2, 0.25) is 0 Å². The number of methoxy groups -OCH3 is 1. The Balaban J connectivity index is 2.50. The summed E-state index contributed by atoms with van der Waals surface area (Å²) in [6, 6.07) is 15.5. The number of carbonyl (C=O) groups is 1. The Hall–Kier alpha value is -2.18. The number of esters is 1. The van der Waals surface area contributed by atoms with Crippen molar-refractivity contribution < 1.29 is 17.9 Å². The van der Waals surface area contributed by atoms with E-state index in [4.69, 9.17) is 4.74 Å². The first-order chi connectivity index (χ1) is 11.9. The lowest BCUT2D eigenvalue weighted by Crippen LogP contribution is -2.39. The van der Waals surface area contributed by atoms with Crippen molar-refractivity contribution in [1.82, 2.24) is 4.31 Å². The van der Waals surface area contributed by atoms with Gasteiger partial charge < -0.3 is 4.74 Å². The zero-order valence-corrected chi connectivity index (χ0v) is 15.5. The minimum absolute atomic E-state index is 0.163. The average molecular weight is 361 g/mol. The lowest BCUT2D eigenvalue weighted by Gasteiger charge is -2.29. The molecule has 0 bridgehead atoms. The van der Waals surface area contributed by atoms with Crippen molar-refractivity contribution in [2.75, 3.05) is 13.7 Å². The summed E-state index contributed by atoms with van der Waals surface area (Å²) in [6.45, 7) is 3.45. The Morgan fingerprint density at radius 3 is 2.20 bits per heavy atom. The molecule has 0 N–H and O–H groups in total. The van der Waals surface area contributed by atoms with Crippen LogP contribution in [-0.4, -0.2) is 32.3 Å². The molecule has 0 radical (unpaired) electrons. The molecule has 6 heteroatoms. The number of aryl methyl sites for hydroxylation is 1. The number of hydrogen-bond acceptors (Lipinski definition) is 4. The minimum Gasteiger partial charge on any atom is -0.468 e. The van der Waals surface area contributed by atoms with Gasteiger partial charge in [-0.25, -0.2) is 8.42 Å². The van der Waals surface area contributed by atoms with Crippen LogP contribution < -0.4 is 0 Å². The monoisotopic (exact) mass is 361 g/mol. The fourth-order valence-corrected chi connectivity index (χ4v) is 4.31. The molecule has 0 aliphatic rings. The van der Waals surface area contributed by atoms with E-state index in [2.05, 4.69) is 0 Å². The molecule has 1 unspecified atom stereocenters. The second kappa shape index (κ2) is 8.27. The van der Waals surface area contributed by atoms with Crippen LogP contribution in [0.5, 0.6) is 0 Å². The zero-order valence-electron chi connectivity index (χ0n) is 14.7. The number of carbonyl (C=O) groups excluding carboxylic acids is 1. The molecule has 1 atom stereocenters. The Bertz CT molecular complexity index is 801. The fourth-order valence-electron chi connectivity index (χ4n) is 2.68. The third kappa shape index (κ3) is 4.46. The Morgan fingerprint density at radius 1 is 1.08 bits per heavy atom. The van der Waals surface area contributed by atoms with Gasteiger partial charge in [-0.2, -0.15) is 4.31 Å². The van der Waals surface area contributed by atoms with Crippen LogP contribution in [0.1, 0.15) is 30.5 Å². The summed E-state index contributed by atoms with van der Waals surface area (Å²) in [5.74, 6) is -0.593. The number of nitrogens with zero attached hydrogens (tertiary/aromatic N) is 1. The number of rotatable bonds is 7. The predicted octanol–water partition coefficient (Wildman–Crippen LogP) is 3.31. The molecule has 134 valence electrons. The highest BCUT2D eigenvalue weighted by Gasteiger charge is 2.33. The van der Waals surface area contributed by atoms with Crippen molar-refractivity contribution in [1.29, 1.82) is 0 Å². The van der Waals surface area contributed by atoms with Gasteiger partial charge in [0.1, 0.15) is 6.54 Å². The maximum absolute atomic E-state index is 13.2. The molecule has 0 aliphatic heterocycles. The van der Waals surface area contributed by atoms with Crippen molar-refractivity contribution in [2.45, 2.75) is 31.2 Å². The van der Waals surface area contributed by atoms with Crippen LogP contribution >= 0.6 is 0 Å². The predicted molar refractivity (Wildman–Crippen MR) is 96.6 cm³/mol. The molecule has 0 saturated heterocycles. The number of ether oxygens (including phenoxy) is 1. The van der Waals surface area contributed by atoms with Crippen molar-refractivity contribution in [3.8, 4) is 0 Å². The fraction of sp³-hybridized carbons (Fsp3) is 0.316. The van der Waals surface area contributed by atoms with Crippen molar-refractivity contribution in [2.24, 2.45) is 0 Å². The summed E-state index contributed by atoms with van der Waals surface area (Å²) in [7, 11) is -2.60. The molecule has 0 amide bonds. The summed E-state index contributed by atoms with van der Waals surface area (Å²) < 4.78 is 32.3. The molecule has 0 aliphatic carbocycles. The van der Waals surface area contributed by atoms with Gasteiger partial charge in [-0.15, -0.1) is 0 Å². The smallest absolute Gasteiger partial charge is 0.321 e. The van der Waals surface area contributed by atoms with Gasteiger partial charge in [-0.3, -0.25) is 4.79 Å². The molecule has 0 aromatic heterocycles. The molecule has 2 aromatic carbocycles. The van der Waals surface area contributed by atoms with Crippen LogP contribution in [0.4, 0.5) is 0 Å². The summed E-state index contributed by atoms with van der Waals surface area (Å²) >= 11 is 0. The quantitative estimate of drug-likeness (QED) is 0.710. The molecule has 0 fully saturated rings. The topological polar surface area (TPSA) is 63.7 Å². The Labute approximate surface area is 149 Å². The first-order valence-electron chi connectivity index (χ1n) is 8.10. The molecule has 5 nitrogen and oxygen atoms in total. The Morgan fingerprint density at radius 2 is 1.68 bits per heavy atom. The Kier molecular flexibility index (Phi) is 6.33. The number of benzene rings is 2. The van der Waals surface area contributed by atoms with Gasteiger partial charge in [0.25, 0.3) is 0 Å². The summed E-state index contributed by atoms with van der Waals surface area (Å²) in [6.07, 6.45) is 0.534. The molecule has 0 saturated carbocycles. The standard InChI is InChI=1S/C19H23NO4S/c1-4-18(16-8-6-5-7-9-16)20(14-19(21)24-3)25(22,23)17-12-10-15(2)11-13-17/h5-13,18H,4,14H2,1-3H3. The van der Waals surface area contributed by atoms with E-state index in [1.54, 1.807) is 24.3 Å². The molecule has 25 heavy (non-hydrogen) atoms. The van der Waals surface area contributed by atoms with E-state index in [-0.39, 0.29) is 11.4 Å². The molecular weight excluding hydrogens is 338 g/mol. The van der Waals surface area contributed by atoms with Gasteiger partial charge >= 0.3 is 5.97 Å². The summed E-state index contributed by atoms with van der Waals surface area (Å²) in [5, 5.41) is 0. The van der Waals surface area contributed by atoms with E-state index in [0.29, 0.717) is 6.42 Å². The van der Waals surface area contributed by atoms with Crippen LogP contribution in [0.3, 0.4) is 0 Å².